The van der Waals surface area contributed by atoms with Crippen molar-refractivity contribution in [1.29, 1.82) is 0 Å². The highest BCUT2D eigenvalue weighted by Crippen LogP contribution is 2.43. The van der Waals surface area contributed by atoms with Gasteiger partial charge >= 0.3 is 19.8 Å². The third-order valence-corrected chi connectivity index (χ3v) is 8.79. The highest BCUT2D eigenvalue weighted by atomic mass is 31.2. The molecule has 1 N–H and O–H groups in total. The zero-order chi connectivity index (χ0) is 37.7. The zero-order valence-electron chi connectivity index (χ0n) is 32.5. The number of rotatable bonds is 35. The lowest BCUT2D eigenvalue weighted by Crippen LogP contribution is -2.29. The normalized spacial score (nSPS) is 14.2. The summed E-state index contributed by atoms with van der Waals surface area (Å²) < 4.78 is 33.3. The molecule has 0 amide bonds. The Bertz CT molecular complexity index is 1040. The van der Waals surface area contributed by atoms with Gasteiger partial charge in [-0.2, -0.15) is 0 Å². The van der Waals surface area contributed by atoms with Gasteiger partial charge < -0.3 is 19.3 Å². The number of nitrogens with zero attached hydrogens (tertiary/aromatic N) is 1. The Kier molecular flexibility index (Phi) is 34.5. The summed E-state index contributed by atoms with van der Waals surface area (Å²) in [4.78, 5) is 36.9. The van der Waals surface area contributed by atoms with Crippen molar-refractivity contribution < 1.29 is 37.6 Å². The number of likely N-dealkylation sites (N-methyl/N-ethyl adjacent to an activating group) is 1. The molecule has 0 spiro atoms. The molecule has 0 saturated heterocycles. The summed E-state index contributed by atoms with van der Waals surface area (Å²) in [5, 5.41) is 0. The van der Waals surface area contributed by atoms with Crippen LogP contribution in [-0.4, -0.2) is 68.3 Å². The minimum absolute atomic E-state index is 0.00464. The van der Waals surface area contributed by atoms with Crippen molar-refractivity contribution in [2.24, 2.45) is 0 Å². The topological polar surface area (TPSA) is 112 Å². The fourth-order valence-electron chi connectivity index (χ4n) is 4.79. The minimum atomic E-state index is -4.37. The minimum Gasteiger partial charge on any atom is -0.462 e. The molecule has 0 aromatic heterocycles. The third kappa shape index (κ3) is 37.3. The van der Waals surface area contributed by atoms with Crippen LogP contribution in [0, 0.1) is 0 Å². The van der Waals surface area contributed by atoms with Crippen LogP contribution >= 0.6 is 7.82 Å². The largest absolute Gasteiger partial charge is 0.472 e. The van der Waals surface area contributed by atoms with Crippen molar-refractivity contribution in [3.63, 3.8) is 0 Å². The van der Waals surface area contributed by atoms with Gasteiger partial charge in [-0.25, -0.2) is 4.57 Å². The maximum Gasteiger partial charge on any atom is 0.472 e. The number of carbonyl (C=O) groups excluding carboxylic acids is 2. The van der Waals surface area contributed by atoms with E-state index in [0.29, 0.717) is 13.0 Å². The van der Waals surface area contributed by atoms with E-state index in [4.69, 9.17) is 18.5 Å². The van der Waals surface area contributed by atoms with Gasteiger partial charge in [0.25, 0.3) is 0 Å². The molecule has 0 aliphatic heterocycles. The second-order valence-electron chi connectivity index (χ2n) is 13.1. The standard InChI is InChI=1S/C41H72NO8P/c1-5-7-9-11-13-15-17-19-20-22-24-26-28-30-32-34-41(44)50-39(38-49-51(45,46)48-36-35-42(3)4)37-47-40(43)33-31-29-27-25-23-21-18-16-14-12-10-8-6-2/h7,9,13,15-16,18-20,24,26,39H,5-6,8,10-12,14,17,21-23,25,27-38H2,1-4H3,(H,45,46)/b9-7-,15-13-,18-16-,20-19-,26-24-. The van der Waals surface area contributed by atoms with Gasteiger partial charge in [-0.3, -0.25) is 18.6 Å². The fourth-order valence-corrected chi connectivity index (χ4v) is 5.53. The average Bonchev–Trinajstić information content (AvgIpc) is 3.09. The number of carbonyl (C=O) groups is 2. The maximum absolute atomic E-state index is 12.6. The maximum atomic E-state index is 12.6. The second-order valence-corrected chi connectivity index (χ2v) is 14.5. The fraction of sp³-hybridized carbons (Fsp3) is 0.707. The van der Waals surface area contributed by atoms with E-state index >= 15 is 0 Å². The van der Waals surface area contributed by atoms with Crippen LogP contribution in [0.1, 0.15) is 142 Å². The summed E-state index contributed by atoms with van der Waals surface area (Å²) in [6.07, 6.45) is 39.8. The van der Waals surface area contributed by atoms with E-state index < -0.39 is 32.5 Å². The van der Waals surface area contributed by atoms with Gasteiger partial charge in [0.1, 0.15) is 6.61 Å². The molecule has 2 unspecified atom stereocenters. The number of esters is 2. The number of phosphoric acid groups is 1. The molecule has 0 rings (SSSR count). The van der Waals surface area contributed by atoms with E-state index in [1.165, 1.54) is 32.1 Å². The lowest BCUT2D eigenvalue weighted by Gasteiger charge is -2.20. The van der Waals surface area contributed by atoms with Gasteiger partial charge in [0.05, 0.1) is 13.2 Å². The second kappa shape index (κ2) is 36.1. The Hall–Kier alpha value is -2.29. The summed E-state index contributed by atoms with van der Waals surface area (Å²) in [6.45, 7) is 4.10. The van der Waals surface area contributed by atoms with Crippen LogP contribution in [-0.2, 0) is 32.7 Å². The first-order valence-corrected chi connectivity index (χ1v) is 21.1. The Morgan fingerprint density at radius 2 is 1.12 bits per heavy atom. The van der Waals surface area contributed by atoms with Crippen LogP contribution in [0.2, 0.25) is 0 Å². The molecular formula is C41H72NO8P. The van der Waals surface area contributed by atoms with Crippen LogP contribution in [0.15, 0.2) is 60.8 Å². The van der Waals surface area contributed by atoms with Crippen molar-refractivity contribution in [3.8, 4) is 0 Å². The van der Waals surface area contributed by atoms with Gasteiger partial charge in [0.15, 0.2) is 6.10 Å². The van der Waals surface area contributed by atoms with Crippen molar-refractivity contribution in [3.05, 3.63) is 60.8 Å². The molecule has 0 radical (unpaired) electrons. The van der Waals surface area contributed by atoms with E-state index in [9.17, 15) is 19.0 Å². The molecule has 9 nitrogen and oxygen atoms in total. The monoisotopic (exact) mass is 737 g/mol. The van der Waals surface area contributed by atoms with Crippen molar-refractivity contribution >= 4 is 19.8 Å². The molecule has 2 atom stereocenters. The molecule has 10 heteroatoms. The first-order valence-electron chi connectivity index (χ1n) is 19.6. The van der Waals surface area contributed by atoms with Crippen LogP contribution in [0.4, 0.5) is 0 Å². The van der Waals surface area contributed by atoms with Crippen LogP contribution in [0.5, 0.6) is 0 Å². The molecule has 0 aliphatic carbocycles. The zero-order valence-corrected chi connectivity index (χ0v) is 33.4. The first kappa shape index (κ1) is 48.7. The highest BCUT2D eigenvalue weighted by molar-refractivity contribution is 7.47. The van der Waals surface area contributed by atoms with Crippen LogP contribution in [0.25, 0.3) is 0 Å². The molecule has 51 heavy (non-hydrogen) atoms. The summed E-state index contributed by atoms with van der Waals surface area (Å²) in [5.74, 6) is -0.869. The van der Waals surface area contributed by atoms with Crippen LogP contribution < -0.4 is 0 Å². The number of phosphoric ester groups is 1. The predicted octanol–water partition coefficient (Wildman–Crippen LogP) is 10.8. The van der Waals surface area contributed by atoms with E-state index in [0.717, 1.165) is 77.0 Å². The summed E-state index contributed by atoms with van der Waals surface area (Å²) in [7, 11) is -0.743. The number of hydrogen-bond acceptors (Lipinski definition) is 8. The Labute approximate surface area is 311 Å². The molecule has 0 heterocycles. The molecule has 294 valence electrons. The Balaban J connectivity index is 4.46. The highest BCUT2D eigenvalue weighted by Gasteiger charge is 2.26. The number of allylic oxidation sites excluding steroid dienone is 10. The molecule has 0 aliphatic rings. The lowest BCUT2D eigenvalue weighted by atomic mass is 10.1. The molecule has 0 aromatic rings. The molecular weight excluding hydrogens is 665 g/mol. The quantitative estimate of drug-likeness (QED) is 0.0294. The summed E-state index contributed by atoms with van der Waals surface area (Å²) in [6, 6.07) is 0. The van der Waals surface area contributed by atoms with E-state index in [1.807, 2.05) is 14.1 Å². The number of ether oxygens (including phenoxy) is 2. The van der Waals surface area contributed by atoms with Gasteiger partial charge in [0, 0.05) is 19.4 Å². The van der Waals surface area contributed by atoms with E-state index in [1.54, 1.807) is 4.90 Å². The van der Waals surface area contributed by atoms with Gasteiger partial charge in [-0.05, 0) is 91.1 Å². The van der Waals surface area contributed by atoms with Gasteiger partial charge in [-0.15, -0.1) is 0 Å². The average molecular weight is 738 g/mol. The van der Waals surface area contributed by atoms with E-state index in [2.05, 4.69) is 74.6 Å². The summed E-state index contributed by atoms with van der Waals surface area (Å²) in [5.41, 5.74) is 0. The van der Waals surface area contributed by atoms with Gasteiger partial charge in [0.2, 0.25) is 0 Å². The lowest BCUT2D eigenvalue weighted by molar-refractivity contribution is -0.161. The predicted molar refractivity (Wildman–Crippen MR) is 211 cm³/mol. The van der Waals surface area contributed by atoms with Crippen molar-refractivity contribution in [2.75, 3.05) is 40.5 Å². The molecule has 0 saturated carbocycles. The van der Waals surface area contributed by atoms with Gasteiger partial charge in [-0.1, -0.05) is 113 Å². The molecule has 0 bridgehead atoms. The smallest absolute Gasteiger partial charge is 0.462 e. The van der Waals surface area contributed by atoms with Crippen molar-refractivity contribution in [1.82, 2.24) is 4.90 Å². The first-order chi connectivity index (χ1) is 24.7. The van der Waals surface area contributed by atoms with Crippen molar-refractivity contribution in [2.45, 2.75) is 148 Å². The van der Waals surface area contributed by atoms with E-state index in [-0.39, 0.29) is 26.1 Å². The third-order valence-electron chi connectivity index (χ3n) is 7.81. The SMILES string of the molecule is CC/C=C\C/C=C\C/C=C\C/C=C\CCCCC(=O)OC(COC(=O)CCCCCCC/C=C\CCCCCC)COP(=O)(O)OCCN(C)C. The Morgan fingerprint density at radius 1 is 0.627 bits per heavy atom. The molecule has 0 aromatic carbocycles. The molecule has 0 fully saturated rings. The summed E-state index contributed by atoms with van der Waals surface area (Å²) >= 11 is 0. The number of hydrogen-bond donors (Lipinski definition) is 1. The number of unbranched alkanes of at least 4 members (excludes halogenated alkanes) is 11. The Morgan fingerprint density at radius 3 is 1.73 bits per heavy atom. The van der Waals surface area contributed by atoms with Crippen LogP contribution in [0.3, 0.4) is 0 Å².